The summed E-state index contributed by atoms with van der Waals surface area (Å²) in [5.74, 6) is 0. The van der Waals surface area contributed by atoms with Crippen LogP contribution in [0.1, 0.15) is 39.7 Å². The van der Waals surface area contributed by atoms with Crippen LogP contribution >= 0.6 is 11.8 Å². The van der Waals surface area contributed by atoms with E-state index in [4.69, 9.17) is 4.74 Å². The molecule has 2 rings (SSSR count). The van der Waals surface area contributed by atoms with Crippen molar-refractivity contribution in [3.63, 3.8) is 0 Å². The number of hydrogen-bond acceptors (Lipinski definition) is 4. The van der Waals surface area contributed by atoms with Crippen LogP contribution in [0.3, 0.4) is 0 Å². The van der Waals surface area contributed by atoms with Crippen molar-refractivity contribution in [2.45, 2.75) is 62.6 Å². The van der Waals surface area contributed by atoms with E-state index in [1.165, 1.54) is 5.56 Å². The van der Waals surface area contributed by atoms with E-state index in [1.54, 1.807) is 0 Å². The fourth-order valence-corrected chi connectivity index (χ4v) is 3.22. The Morgan fingerprint density at radius 2 is 2.26 bits per heavy atom. The minimum absolute atomic E-state index is 0.127. The van der Waals surface area contributed by atoms with Gasteiger partial charge in [0.1, 0.15) is 5.03 Å². The highest BCUT2D eigenvalue weighted by Crippen LogP contribution is 2.33. The van der Waals surface area contributed by atoms with Crippen LogP contribution in [0.2, 0.25) is 0 Å². The van der Waals surface area contributed by atoms with E-state index < -0.39 is 0 Å². The van der Waals surface area contributed by atoms with Crippen molar-refractivity contribution < 1.29 is 4.74 Å². The average Bonchev–Trinajstić information content (AvgIpc) is 2.73. The molecule has 1 aliphatic heterocycles. The lowest BCUT2D eigenvalue weighted by Crippen LogP contribution is -2.35. The molecular formula is C15H24N2OS. The Kier molecular flexibility index (Phi) is 4.87. The van der Waals surface area contributed by atoms with Gasteiger partial charge in [0.15, 0.2) is 0 Å². The topological polar surface area (TPSA) is 34.1 Å². The smallest absolute Gasteiger partial charge is 0.101 e. The van der Waals surface area contributed by atoms with E-state index in [0.717, 1.165) is 24.6 Å². The number of aromatic nitrogens is 1. The van der Waals surface area contributed by atoms with Gasteiger partial charge in [-0.1, -0.05) is 17.8 Å². The van der Waals surface area contributed by atoms with Crippen molar-refractivity contribution in [3.8, 4) is 0 Å². The Hall–Kier alpha value is -0.580. The molecule has 0 aliphatic carbocycles. The van der Waals surface area contributed by atoms with Crippen LogP contribution in [0.5, 0.6) is 0 Å². The summed E-state index contributed by atoms with van der Waals surface area (Å²) < 4.78 is 5.63. The molecule has 2 unspecified atom stereocenters. The van der Waals surface area contributed by atoms with Crippen molar-refractivity contribution in [2.24, 2.45) is 0 Å². The van der Waals surface area contributed by atoms with Gasteiger partial charge >= 0.3 is 0 Å². The minimum Gasteiger partial charge on any atom is -0.377 e. The maximum absolute atomic E-state index is 5.63. The normalized spacial score (nSPS) is 23.8. The molecule has 1 fully saturated rings. The molecule has 2 atom stereocenters. The van der Waals surface area contributed by atoms with Crippen LogP contribution in [-0.2, 0) is 11.3 Å². The number of pyridine rings is 1. The van der Waals surface area contributed by atoms with Gasteiger partial charge in [-0.3, -0.25) is 0 Å². The predicted octanol–water partition coefficient (Wildman–Crippen LogP) is 3.24. The number of hydrogen-bond donors (Lipinski definition) is 1. The van der Waals surface area contributed by atoms with Crippen molar-refractivity contribution in [1.82, 2.24) is 10.3 Å². The van der Waals surface area contributed by atoms with E-state index in [0.29, 0.717) is 11.4 Å². The molecule has 0 saturated carbocycles. The summed E-state index contributed by atoms with van der Waals surface area (Å²) in [6.07, 6.45) is 3.33. The molecule has 19 heavy (non-hydrogen) atoms. The van der Waals surface area contributed by atoms with Crippen molar-refractivity contribution in [1.29, 1.82) is 0 Å². The van der Waals surface area contributed by atoms with Gasteiger partial charge in [-0.05, 0) is 45.7 Å². The summed E-state index contributed by atoms with van der Waals surface area (Å²) in [5.41, 5.74) is 1.41. The molecule has 106 valence electrons. The Morgan fingerprint density at radius 3 is 2.89 bits per heavy atom. The maximum Gasteiger partial charge on any atom is 0.101 e. The Labute approximate surface area is 120 Å². The van der Waals surface area contributed by atoms with Gasteiger partial charge in [0.25, 0.3) is 0 Å². The number of thioether (sulfide) groups is 1. The van der Waals surface area contributed by atoms with Crippen LogP contribution in [0.4, 0.5) is 0 Å². The standard InChI is InChI=1S/C15H24N2OS/c1-11-13(7-9-18-11)19-14-12(6-5-8-16-14)10-17-15(2,3)4/h5-6,8,11,13,17H,7,9-10H2,1-4H3. The number of nitrogens with zero attached hydrogens (tertiary/aromatic N) is 1. The van der Waals surface area contributed by atoms with Crippen molar-refractivity contribution >= 4 is 11.8 Å². The summed E-state index contributed by atoms with van der Waals surface area (Å²) >= 11 is 1.86. The van der Waals surface area contributed by atoms with Crippen LogP contribution < -0.4 is 5.32 Å². The van der Waals surface area contributed by atoms with Crippen molar-refractivity contribution in [3.05, 3.63) is 23.9 Å². The maximum atomic E-state index is 5.63. The molecule has 2 heterocycles. The molecular weight excluding hydrogens is 256 g/mol. The average molecular weight is 280 g/mol. The summed E-state index contributed by atoms with van der Waals surface area (Å²) in [7, 11) is 0. The third-order valence-corrected chi connectivity index (χ3v) is 4.74. The quantitative estimate of drug-likeness (QED) is 0.918. The molecule has 0 amide bonds. The lowest BCUT2D eigenvalue weighted by atomic mass is 10.1. The van der Waals surface area contributed by atoms with E-state index in [1.807, 2.05) is 24.0 Å². The van der Waals surface area contributed by atoms with Gasteiger partial charge in [-0.2, -0.15) is 0 Å². The van der Waals surface area contributed by atoms with Crippen molar-refractivity contribution in [2.75, 3.05) is 6.61 Å². The second kappa shape index (κ2) is 6.25. The lowest BCUT2D eigenvalue weighted by Gasteiger charge is -2.22. The molecule has 1 aliphatic rings. The first-order valence-electron chi connectivity index (χ1n) is 6.93. The third kappa shape index (κ3) is 4.48. The largest absolute Gasteiger partial charge is 0.377 e. The molecule has 0 spiro atoms. The first-order valence-corrected chi connectivity index (χ1v) is 7.81. The van der Waals surface area contributed by atoms with E-state index >= 15 is 0 Å². The van der Waals surface area contributed by atoms with E-state index in [2.05, 4.69) is 44.1 Å². The molecule has 1 N–H and O–H groups in total. The first kappa shape index (κ1) is 14.8. The first-order chi connectivity index (χ1) is 8.96. The second-order valence-corrected chi connectivity index (χ2v) is 7.32. The molecule has 1 aromatic rings. The van der Waals surface area contributed by atoms with E-state index in [9.17, 15) is 0 Å². The Balaban J connectivity index is 2.03. The highest BCUT2D eigenvalue weighted by molar-refractivity contribution is 8.00. The molecule has 3 nitrogen and oxygen atoms in total. The zero-order valence-electron chi connectivity index (χ0n) is 12.3. The molecule has 0 radical (unpaired) electrons. The molecule has 0 aromatic carbocycles. The highest BCUT2D eigenvalue weighted by Gasteiger charge is 2.26. The molecule has 1 aromatic heterocycles. The third-order valence-electron chi connectivity index (χ3n) is 3.23. The van der Waals surface area contributed by atoms with Gasteiger partial charge in [0, 0.05) is 30.1 Å². The molecule has 0 bridgehead atoms. The monoisotopic (exact) mass is 280 g/mol. The molecule has 4 heteroatoms. The van der Waals surface area contributed by atoms with Gasteiger partial charge < -0.3 is 10.1 Å². The number of nitrogens with one attached hydrogen (secondary N) is 1. The van der Waals surface area contributed by atoms with Crippen LogP contribution in [0.15, 0.2) is 23.4 Å². The number of rotatable bonds is 4. The van der Waals surface area contributed by atoms with Gasteiger partial charge in [0.05, 0.1) is 6.10 Å². The van der Waals surface area contributed by atoms with Crippen LogP contribution in [0, 0.1) is 0 Å². The Morgan fingerprint density at radius 1 is 1.47 bits per heavy atom. The summed E-state index contributed by atoms with van der Waals surface area (Å²) in [5, 5.41) is 5.20. The number of ether oxygens (including phenoxy) is 1. The minimum atomic E-state index is 0.127. The summed E-state index contributed by atoms with van der Waals surface area (Å²) in [4.78, 5) is 4.54. The summed E-state index contributed by atoms with van der Waals surface area (Å²) in [6, 6.07) is 4.17. The SMILES string of the molecule is CC1OCCC1Sc1ncccc1CNC(C)(C)C. The zero-order valence-corrected chi connectivity index (χ0v) is 13.1. The van der Waals surface area contributed by atoms with Gasteiger partial charge in [-0.25, -0.2) is 4.98 Å². The van der Waals surface area contributed by atoms with Gasteiger partial charge in [-0.15, -0.1) is 0 Å². The lowest BCUT2D eigenvalue weighted by molar-refractivity contribution is 0.127. The Bertz CT molecular complexity index is 417. The fourth-order valence-electron chi connectivity index (χ4n) is 2.04. The molecule has 1 saturated heterocycles. The summed E-state index contributed by atoms with van der Waals surface area (Å²) in [6.45, 7) is 10.4. The van der Waals surface area contributed by atoms with E-state index in [-0.39, 0.29) is 5.54 Å². The zero-order chi connectivity index (χ0) is 13.9. The predicted molar refractivity (Wildman–Crippen MR) is 80.5 cm³/mol. The second-order valence-electron chi connectivity index (χ2n) is 6.09. The van der Waals surface area contributed by atoms with Crippen LogP contribution in [0.25, 0.3) is 0 Å². The highest BCUT2D eigenvalue weighted by atomic mass is 32.2. The van der Waals surface area contributed by atoms with Gasteiger partial charge in [0.2, 0.25) is 0 Å². The van der Waals surface area contributed by atoms with Crippen LogP contribution in [-0.4, -0.2) is 28.5 Å². The fraction of sp³-hybridized carbons (Fsp3) is 0.667.